The number of carbonyl (C=O) groups is 2. The standard InChI is InChI=1S/C17H22Cl2N2O3/c1-11(2)9-15(17(23)21-5-7-24-8-6-21)20-16(22)13-4-3-12(18)10-14(13)19/h3-4,10-11,15H,5-9H2,1-2H3,(H,20,22). The highest BCUT2D eigenvalue weighted by Crippen LogP contribution is 2.21. The Kier molecular flexibility index (Phi) is 6.90. The third-order valence-corrected chi connectivity index (χ3v) is 4.36. The number of carbonyl (C=O) groups excluding carboxylic acids is 2. The van der Waals surface area contributed by atoms with Gasteiger partial charge in [-0.1, -0.05) is 37.0 Å². The fourth-order valence-corrected chi connectivity index (χ4v) is 3.10. The number of nitrogens with zero attached hydrogens (tertiary/aromatic N) is 1. The largest absolute Gasteiger partial charge is 0.378 e. The Labute approximate surface area is 152 Å². The molecular weight excluding hydrogens is 351 g/mol. The quantitative estimate of drug-likeness (QED) is 0.863. The molecule has 1 heterocycles. The van der Waals surface area contributed by atoms with Crippen molar-refractivity contribution in [1.82, 2.24) is 10.2 Å². The third kappa shape index (κ3) is 5.10. The Hall–Kier alpha value is -1.30. The van der Waals surface area contributed by atoms with Crippen molar-refractivity contribution in [2.45, 2.75) is 26.3 Å². The number of halogens is 2. The molecule has 1 unspecified atom stereocenters. The van der Waals surface area contributed by atoms with Gasteiger partial charge in [0.2, 0.25) is 5.91 Å². The average molecular weight is 373 g/mol. The van der Waals surface area contributed by atoms with Crippen molar-refractivity contribution in [1.29, 1.82) is 0 Å². The van der Waals surface area contributed by atoms with Gasteiger partial charge in [-0.25, -0.2) is 0 Å². The number of rotatable bonds is 5. The Morgan fingerprint density at radius 1 is 1.25 bits per heavy atom. The van der Waals surface area contributed by atoms with Gasteiger partial charge in [0.15, 0.2) is 0 Å². The van der Waals surface area contributed by atoms with E-state index < -0.39 is 6.04 Å². The summed E-state index contributed by atoms with van der Waals surface area (Å²) in [4.78, 5) is 27.0. The minimum absolute atomic E-state index is 0.0783. The van der Waals surface area contributed by atoms with Gasteiger partial charge >= 0.3 is 0 Å². The van der Waals surface area contributed by atoms with Crippen LogP contribution in [-0.4, -0.2) is 49.1 Å². The Morgan fingerprint density at radius 3 is 2.50 bits per heavy atom. The summed E-state index contributed by atoms with van der Waals surface area (Å²) >= 11 is 11.9. The molecule has 132 valence electrons. The van der Waals surface area contributed by atoms with Gasteiger partial charge in [0.05, 0.1) is 23.8 Å². The molecule has 2 amide bonds. The first kappa shape index (κ1) is 19.0. The zero-order valence-corrected chi connectivity index (χ0v) is 15.4. The Morgan fingerprint density at radius 2 is 1.92 bits per heavy atom. The van der Waals surface area contributed by atoms with Crippen molar-refractivity contribution >= 4 is 35.0 Å². The molecule has 1 N–H and O–H groups in total. The van der Waals surface area contributed by atoms with Crippen LogP contribution in [0.15, 0.2) is 18.2 Å². The number of morpholine rings is 1. The molecule has 1 aliphatic rings. The first-order valence-electron chi connectivity index (χ1n) is 8.01. The van der Waals surface area contributed by atoms with Gasteiger partial charge in [-0.05, 0) is 30.5 Å². The molecular formula is C17H22Cl2N2O3. The second-order valence-corrected chi connectivity index (χ2v) is 7.06. The molecule has 7 heteroatoms. The highest BCUT2D eigenvalue weighted by molar-refractivity contribution is 6.36. The molecule has 0 aliphatic carbocycles. The smallest absolute Gasteiger partial charge is 0.253 e. The first-order valence-corrected chi connectivity index (χ1v) is 8.76. The van der Waals surface area contributed by atoms with E-state index in [0.717, 1.165) is 0 Å². The topological polar surface area (TPSA) is 58.6 Å². The van der Waals surface area contributed by atoms with E-state index >= 15 is 0 Å². The van der Waals surface area contributed by atoms with Crippen molar-refractivity contribution < 1.29 is 14.3 Å². The lowest BCUT2D eigenvalue weighted by Crippen LogP contribution is -2.52. The lowest BCUT2D eigenvalue weighted by atomic mass is 10.0. The van der Waals surface area contributed by atoms with Gasteiger partial charge in [-0.3, -0.25) is 9.59 Å². The van der Waals surface area contributed by atoms with Crippen molar-refractivity contribution in [2.75, 3.05) is 26.3 Å². The molecule has 5 nitrogen and oxygen atoms in total. The molecule has 1 fully saturated rings. The average Bonchev–Trinajstić information content (AvgIpc) is 2.53. The van der Waals surface area contributed by atoms with Gasteiger partial charge in [-0.15, -0.1) is 0 Å². The summed E-state index contributed by atoms with van der Waals surface area (Å²) in [6.45, 7) is 6.17. The minimum atomic E-state index is -0.581. The molecule has 1 saturated heterocycles. The van der Waals surface area contributed by atoms with Crippen LogP contribution < -0.4 is 5.32 Å². The number of benzene rings is 1. The molecule has 1 aromatic carbocycles. The van der Waals surface area contributed by atoms with Gasteiger partial charge in [0.1, 0.15) is 6.04 Å². The molecule has 0 bridgehead atoms. The van der Waals surface area contributed by atoms with Crippen LogP contribution in [0.5, 0.6) is 0 Å². The van der Waals surface area contributed by atoms with E-state index in [9.17, 15) is 9.59 Å². The monoisotopic (exact) mass is 372 g/mol. The van der Waals surface area contributed by atoms with E-state index in [1.54, 1.807) is 17.0 Å². The molecule has 2 rings (SSSR count). The second kappa shape index (κ2) is 8.70. The highest BCUT2D eigenvalue weighted by atomic mass is 35.5. The summed E-state index contributed by atoms with van der Waals surface area (Å²) in [6.07, 6.45) is 0.563. The maximum atomic E-state index is 12.7. The Balaban J connectivity index is 2.12. The molecule has 1 aliphatic heterocycles. The van der Waals surface area contributed by atoms with E-state index in [2.05, 4.69) is 5.32 Å². The maximum Gasteiger partial charge on any atom is 0.253 e. The number of hydrogen-bond acceptors (Lipinski definition) is 3. The molecule has 1 aromatic rings. The van der Waals surface area contributed by atoms with Gasteiger partial charge in [0, 0.05) is 18.1 Å². The maximum absolute atomic E-state index is 12.7. The van der Waals surface area contributed by atoms with Crippen LogP contribution in [0, 0.1) is 5.92 Å². The highest BCUT2D eigenvalue weighted by Gasteiger charge is 2.28. The SMILES string of the molecule is CC(C)CC(NC(=O)c1ccc(Cl)cc1Cl)C(=O)N1CCOCC1. The third-order valence-electron chi connectivity index (χ3n) is 3.81. The molecule has 24 heavy (non-hydrogen) atoms. The predicted molar refractivity (Wildman–Crippen MR) is 94.6 cm³/mol. The van der Waals surface area contributed by atoms with Gasteiger partial charge < -0.3 is 15.0 Å². The van der Waals surface area contributed by atoms with Crippen molar-refractivity contribution in [3.8, 4) is 0 Å². The fourth-order valence-electron chi connectivity index (χ4n) is 2.61. The van der Waals surface area contributed by atoms with E-state index in [0.29, 0.717) is 43.3 Å². The van der Waals surface area contributed by atoms with E-state index in [1.165, 1.54) is 6.07 Å². The summed E-state index contributed by atoms with van der Waals surface area (Å²) in [5, 5.41) is 3.55. The number of amides is 2. The normalized spacial score (nSPS) is 16.1. The zero-order valence-electron chi connectivity index (χ0n) is 13.9. The summed E-state index contributed by atoms with van der Waals surface area (Å²) in [5.74, 6) is -0.185. The van der Waals surface area contributed by atoms with Gasteiger partial charge in [-0.2, -0.15) is 0 Å². The van der Waals surface area contributed by atoms with Crippen molar-refractivity contribution in [3.05, 3.63) is 33.8 Å². The number of hydrogen-bond donors (Lipinski definition) is 1. The lowest BCUT2D eigenvalue weighted by molar-refractivity contribution is -0.137. The molecule has 1 atom stereocenters. The predicted octanol–water partition coefficient (Wildman–Crippen LogP) is 3.00. The van der Waals surface area contributed by atoms with E-state index in [4.69, 9.17) is 27.9 Å². The molecule has 0 spiro atoms. The summed E-state index contributed by atoms with van der Waals surface area (Å²) < 4.78 is 5.28. The Bertz CT molecular complexity index is 601. The van der Waals surface area contributed by atoms with Crippen molar-refractivity contribution in [3.63, 3.8) is 0 Å². The first-order chi connectivity index (χ1) is 11.4. The minimum Gasteiger partial charge on any atom is -0.378 e. The molecule has 0 saturated carbocycles. The van der Waals surface area contributed by atoms with E-state index in [1.807, 2.05) is 13.8 Å². The van der Waals surface area contributed by atoms with Crippen LogP contribution in [0.2, 0.25) is 10.0 Å². The summed E-state index contributed by atoms with van der Waals surface area (Å²) in [7, 11) is 0. The second-order valence-electron chi connectivity index (χ2n) is 6.22. The van der Waals surface area contributed by atoms with Crippen molar-refractivity contribution in [2.24, 2.45) is 5.92 Å². The number of nitrogens with one attached hydrogen (secondary N) is 1. The summed E-state index contributed by atoms with van der Waals surface area (Å²) in [5.41, 5.74) is 0.310. The van der Waals surface area contributed by atoms with Gasteiger partial charge in [0.25, 0.3) is 5.91 Å². The lowest BCUT2D eigenvalue weighted by Gasteiger charge is -2.31. The van der Waals surface area contributed by atoms with Crippen LogP contribution in [0.4, 0.5) is 0 Å². The van der Waals surface area contributed by atoms with Crippen LogP contribution in [0.1, 0.15) is 30.6 Å². The zero-order chi connectivity index (χ0) is 17.7. The van der Waals surface area contributed by atoms with Crippen LogP contribution >= 0.6 is 23.2 Å². The molecule has 0 radical (unpaired) electrons. The van der Waals surface area contributed by atoms with Crippen LogP contribution in [0.3, 0.4) is 0 Å². The van der Waals surface area contributed by atoms with Crippen LogP contribution in [0.25, 0.3) is 0 Å². The summed E-state index contributed by atoms with van der Waals surface area (Å²) in [6, 6.07) is 4.09. The number of ether oxygens (including phenoxy) is 1. The van der Waals surface area contributed by atoms with Crippen LogP contribution in [-0.2, 0) is 9.53 Å². The van der Waals surface area contributed by atoms with E-state index in [-0.39, 0.29) is 22.8 Å². The molecule has 0 aromatic heterocycles. The fraction of sp³-hybridized carbons (Fsp3) is 0.529.